The molecule has 0 bridgehead atoms. The minimum Gasteiger partial charge on any atom is -0.311 e. The van der Waals surface area contributed by atoms with Crippen molar-refractivity contribution in [2.45, 2.75) is 25.4 Å². The smallest absolute Gasteiger partial charge is 0.311 e. The molecule has 2 fully saturated rings. The lowest BCUT2D eigenvalue weighted by molar-refractivity contribution is -0.125. The van der Waals surface area contributed by atoms with E-state index < -0.39 is 5.82 Å². The summed E-state index contributed by atoms with van der Waals surface area (Å²) >= 11 is 0. The monoisotopic (exact) mass is 352 g/mol. The first-order valence-corrected chi connectivity index (χ1v) is 8.52. The molecule has 1 saturated carbocycles. The summed E-state index contributed by atoms with van der Waals surface area (Å²) in [5.74, 6) is -0.667. The van der Waals surface area contributed by atoms with Gasteiger partial charge in [-0.05, 0) is 41.7 Å². The summed E-state index contributed by atoms with van der Waals surface area (Å²) in [6, 6.07) is 11.7. The summed E-state index contributed by atoms with van der Waals surface area (Å²) in [6.45, 7) is 0.495. The predicted octanol–water partition coefficient (Wildman–Crippen LogP) is 3.23. The molecule has 2 aliphatic rings. The van der Waals surface area contributed by atoms with Gasteiger partial charge in [-0.1, -0.05) is 30.3 Å². The van der Waals surface area contributed by atoms with Crippen molar-refractivity contribution < 1.29 is 18.8 Å². The quantitative estimate of drug-likeness (QED) is 0.613. The summed E-state index contributed by atoms with van der Waals surface area (Å²) < 4.78 is 13.4. The maximum atomic E-state index is 13.4. The first kappa shape index (κ1) is 16.4. The number of nitrogens with zero attached hydrogens (tertiary/aromatic N) is 2. The van der Waals surface area contributed by atoms with Crippen LogP contribution in [0.2, 0.25) is 0 Å². The second-order valence-electron chi connectivity index (χ2n) is 6.68. The minimum atomic E-state index is -0.544. The van der Waals surface area contributed by atoms with Gasteiger partial charge in [-0.2, -0.15) is 0 Å². The van der Waals surface area contributed by atoms with Crippen LogP contribution in [0.3, 0.4) is 0 Å². The van der Waals surface area contributed by atoms with Crippen LogP contribution < -0.4 is 0 Å². The fourth-order valence-electron chi connectivity index (χ4n) is 3.22. The molecule has 3 amide bonds. The second kappa shape index (κ2) is 6.37. The van der Waals surface area contributed by atoms with E-state index in [1.54, 1.807) is 11.0 Å². The fraction of sp³-hybridized carbons (Fsp3) is 0.250. The van der Waals surface area contributed by atoms with Crippen molar-refractivity contribution in [3.63, 3.8) is 0 Å². The molecule has 0 radical (unpaired) electrons. The number of hydrogen-bond donors (Lipinski definition) is 0. The highest BCUT2D eigenvalue weighted by molar-refractivity contribution is 6.02. The zero-order valence-corrected chi connectivity index (χ0v) is 14.0. The molecule has 1 saturated heterocycles. The van der Waals surface area contributed by atoms with Gasteiger partial charge >= 0.3 is 6.03 Å². The van der Waals surface area contributed by atoms with Crippen molar-refractivity contribution in [3.8, 4) is 11.1 Å². The van der Waals surface area contributed by atoms with Crippen LogP contribution in [0.25, 0.3) is 11.1 Å². The Morgan fingerprint density at radius 1 is 1.04 bits per heavy atom. The van der Waals surface area contributed by atoms with Gasteiger partial charge in [-0.25, -0.2) is 9.18 Å². The Kier molecular flexibility index (Phi) is 4.03. The van der Waals surface area contributed by atoms with Crippen molar-refractivity contribution in [3.05, 3.63) is 59.4 Å². The van der Waals surface area contributed by atoms with Crippen molar-refractivity contribution in [2.75, 3.05) is 6.54 Å². The summed E-state index contributed by atoms with van der Waals surface area (Å²) in [5.41, 5.74) is 2.52. The van der Waals surface area contributed by atoms with Crippen LogP contribution in [-0.2, 0) is 11.3 Å². The molecular formula is C20H17FN2O3. The topological polar surface area (TPSA) is 57.7 Å². The lowest BCUT2D eigenvalue weighted by Crippen LogP contribution is -2.34. The van der Waals surface area contributed by atoms with E-state index in [1.165, 1.54) is 17.0 Å². The van der Waals surface area contributed by atoms with Crippen molar-refractivity contribution in [1.29, 1.82) is 0 Å². The Labute approximate surface area is 150 Å². The normalized spacial score (nSPS) is 17.1. The molecule has 0 spiro atoms. The van der Waals surface area contributed by atoms with Gasteiger partial charge < -0.3 is 4.90 Å². The second-order valence-corrected chi connectivity index (χ2v) is 6.68. The van der Waals surface area contributed by atoms with Crippen LogP contribution >= 0.6 is 0 Å². The predicted molar refractivity (Wildman–Crippen MR) is 92.9 cm³/mol. The highest BCUT2D eigenvalue weighted by Gasteiger charge is 2.44. The van der Waals surface area contributed by atoms with E-state index in [4.69, 9.17) is 0 Å². The molecule has 2 aromatic carbocycles. The number of carbonyl (C=O) groups is 3. The molecule has 0 N–H and O–H groups in total. The first-order valence-electron chi connectivity index (χ1n) is 8.52. The number of benzene rings is 2. The Morgan fingerprint density at radius 3 is 2.38 bits per heavy atom. The van der Waals surface area contributed by atoms with E-state index in [-0.39, 0.29) is 30.1 Å². The summed E-state index contributed by atoms with van der Waals surface area (Å²) in [6.07, 6.45) is 2.30. The summed E-state index contributed by atoms with van der Waals surface area (Å²) in [4.78, 5) is 38.2. The number of halogens is 1. The van der Waals surface area contributed by atoms with Crippen LogP contribution in [0.4, 0.5) is 9.18 Å². The highest BCUT2D eigenvalue weighted by atomic mass is 19.1. The third-order valence-electron chi connectivity index (χ3n) is 4.77. The van der Waals surface area contributed by atoms with E-state index in [1.807, 2.05) is 24.3 Å². The molecule has 0 aromatic heterocycles. The van der Waals surface area contributed by atoms with Gasteiger partial charge in [0.15, 0.2) is 6.29 Å². The van der Waals surface area contributed by atoms with E-state index in [2.05, 4.69) is 0 Å². The average Bonchev–Trinajstić information content (AvgIpc) is 3.43. The molecule has 5 nitrogen and oxygen atoms in total. The number of rotatable bonds is 5. The number of aldehydes is 1. The Bertz CT molecular complexity index is 890. The zero-order chi connectivity index (χ0) is 18.3. The molecule has 132 valence electrons. The van der Waals surface area contributed by atoms with Crippen molar-refractivity contribution >= 4 is 18.2 Å². The van der Waals surface area contributed by atoms with Gasteiger partial charge in [0.05, 0.1) is 5.56 Å². The van der Waals surface area contributed by atoms with Gasteiger partial charge in [-0.3, -0.25) is 14.5 Å². The van der Waals surface area contributed by atoms with Gasteiger partial charge in [0.1, 0.15) is 12.4 Å². The van der Waals surface area contributed by atoms with E-state index >= 15 is 0 Å². The van der Waals surface area contributed by atoms with E-state index in [0.29, 0.717) is 12.8 Å². The Hall–Kier alpha value is -3.02. The van der Waals surface area contributed by atoms with Gasteiger partial charge in [0.2, 0.25) is 0 Å². The lowest BCUT2D eigenvalue weighted by atomic mass is 10.0. The van der Waals surface area contributed by atoms with Crippen molar-refractivity contribution in [1.82, 2.24) is 9.80 Å². The third kappa shape index (κ3) is 2.98. The number of urea groups is 1. The average molecular weight is 352 g/mol. The van der Waals surface area contributed by atoms with Crippen LogP contribution in [0.5, 0.6) is 0 Å². The summed E-state index contributed by atoms with van der Waals surface area (Å²) in [5, 5.41) is 0. The number of imide groups is 1. The Morgan fingerprint density at radius 2 is 1.73 bits per heavy atom. The van der Waals surface area contributed by atoms with Crippen LogP contribution in [-0.4, -0.2) is 40.6 Å². The molecule has 6 heteroatoms. The third-order valence-corrected chi connectivity index (χ3v) is 4.77. The molecule has 0 atom stereocenters. The molecule has 1 aliphatic carbocycles. The molecule has 2 aromatic rings. The molecule has 4 rings (SSSR count). The van der Waals surface area contributed by atoms with Crippen LogP contribution in [0, 0.1) is 5.82 Å². The SMILES string of the molecule is O=Cc1cc(-c2ccc(CN3CC(=O)N(C4CC4)C3=O)cc2)ccc1F. The molecule has 1 heterocycles. The number of carbonyl (C=O) groups excluding carboxylic acids is 3. The first-order chi connectivity index (χ1) is 12.6. The Balaban J connectivity index is 1.49. The van der Waals surface area contributed by atoms with Gasteiger partial charge in [0, 0.05) is 12.6 Å². The fourth-order valence-corrected chi connectivity index (χ4v) is 3.22. The highest BCUT2D eigenvalue weighted by Crippen LogP contribution is 2.31. The van der Waals surface area contributed by atoms with Gasteiger partial charge in [-0.15, -0.1) is 0 Å². The van der Waals surface area contributed by atoms with Crippen molar-refractivity contribution in [2.24, 2.45) is 0 Å². The summed E-state index contributed by atoms with van der Waals surface area (Å²) in [7, 11) is 0. The maximum absolute atomic E-state index is 13.4. The molecule has 26 heavy (non-hydrogen) atoms. The largest absolute Gasteiger partial charge is 0.327 e. The van der Waals surface area contributed by atoms with E-state index in [9.17, 15) is 18.8 Å². The minimum absolute atomic E-state index is 0.0212. The molecule has 0 unspecified atom stereocenters. The lowest BCUT2D eigenvalue weighted by Gasteiger charge is -2.17. The zero-order valence-electron chi connectivity index (χ0n) is 14.0. The number of amides is 3. The molecule has 1 aliphatic heterocycles. The van der Waals surface area contributed by atoms with E-state index in [0.717, 1.165) is 29.5 Å². The van der Waals surface area contributed by atoms with Crippen LogP contribution in [0.1, 0.15) is 28.8 Å². The van der Waals surface area contributed by atoms with Gasteiger partial charge in [0.25, 0.3) is 5.91 Å². The molecular weight excluding hydrogens is 335 g/mol. The maximum Gasteiger partial charge on any atom is 0.327 e. The van der Waals surface area contributed by atoms with Crippen LogP contribution in [0.15, 0.2) is 42.5 Å². The number of hydrogen-bond acceptors (Lipinski definition) is 3. The standard InChI is InChI=1S/C20H17FN2O3/c21-18-8-5-15(9-16(18)12-24)14-3-1-13(2-4-14)10-22-11-19(25)23(20(22)26)17-6-7-17/h1-5,8-9,12,17H,6-7,10-11H2.